The highest BCUT2D eigenvalue weighted by atomic mass is 79.9. The number of ether oxygens (including phenoxy) is 3. The Morgan fingerprint density at radius 2 is 1.57 bits per heavy atom. The lowest BCUT2D eigenvalue weighted by molar-refractivity contribution is -0.125. The van der Waals surface area contributed by atoms with Crippen LogP contribution >= 0.6 is 15.9 Å². The first kappa shape index (κ1) is 21.4. The third-order valence-corrected chi connectivity index (χ3v) is 4.99. The normalized spacial score (nSPS) is 11.3. The molecule has 0 aliphatic rings. The van der Waals surface area contributed by atoms with E-state index in [9.17, 15) is 9.59 Å². The minimum atomic E-state index is -1.15. The summed E-state index contributed by atoms with van der Waals surface area (Å²) in [6.07, 6.45) is -1.15. The fraction of sp³-hybridized carbons (Fsp3) is 0.130. The SMILES string of the molecule is COc1cccc(NC(=O)C(OC(=O)c2cc(OC)ccc2Br)c2ccccc2)c1. The van der Waals surface area contributed by atoms with Gasteiger partial charge in [-0.15, -0.1) is 0 Å². The Hall–Kier alpha value is -3.32. The first-order valence-corrected chi connectivity index (χ1v) is 9.85. The number of methoxy groups -OCH3 is 2. The van der Waals surface area contributed by atoms with Crippen LogP contribution in [0.2, 0.25) is 0 Å². The number of esters is 1. The van der Waals surface area contributed by atoms with E-state index in [-0.39, 0.29) is 5.56 Å². The van der Waals surface area contributed by atoms with E-state index < -0.39 is 18.0 Å². The maximum absolute atomic E-state index is 13.0. The standard InChI is InChI=1S/C23H20BrNO5/c1-28-17-10-6-9-16(13-17)25-22(26)21(15-7-4-3-5-8-15)30-23(27)19-14-18(29-2)11-12-20(19)24/h3-14,21H,1-2H3,(H,25,26). The third-order valence-electron chi connectivity index (χ3n) is 4.30. The zero-order valence-corrected chi connectivity index (χ0v) is 18.0. The van der Waals surface area contributed by atoms with Crippen molar-refractivity contribution in [3.8, 4) is 11.5 Å². The van der Waals surface area contributed by atoms with E-state index in [1.165, 1.54) is 7.11 Å². The molecule has 3 rings (SSSR count). The highest BCUT2D eigenvalue weighted by Crippen LogP contribution is 2.27. The lowest BCUT2D eigenvalue weighted by atomic mass is 10.1. The average molecular weight is 470 g/mol. The van der Waals surface area contributed by atoms with E-state index in [2.05, 4.69) is 21.2 Å². The summed E-state index contributed by atoms with van der Waals surface area (Å²) in [6.45, 7) is 0. The van der Waals surface area contributed by atoms with Gasteiger partial charge in [-0.2, -0.15) is 0 Å². The molecule has 6 nitrogen and oxygen atoms in total. The summed E-state index contributed by atoms with van der Waals surface area (Å²) < 4.78 is 16.5. The van der Waals surface area contributed by atoms with Gasteiger partial charge in [0.25, 0.3) is 5.91 Å². The number of anilines is 1. The van der Waals surface area contributed by atoms with Gasteiger partial charge in [0.1, 0.15) is 11.5 Å². The molecule has 1 N–H and O–H groups in total. The second kappa shape index (κ2) is 9.93. The van der Waals surface area contributed by atoms with Crippen molar-refractivity contribution in [2.24, 2.45) is 0 Å². The van der Waals surface area contributed by atoms with Crippen LogP contribution < -0.4 is 14.8 Å². The second-order valence-electron chi connectivity index (χ2n) is 6.26. The molecule has 1 amide bonds. The molecule has 0 aliphatic heterocycles. The minimum absolute atomic E-state index is 0.254. The molecule has 3 aromatic carbocycles. The Kier molecular flexibility index (Phi) is 7.08. The molecule has 1 unspecified atom stereocenters. The molecule has 0 aliphatic carbocycles. The van der Waals surface area contributed by atoms with Crippen LogP contribution in [0.15, 0.2) is 77.3 Å². The summed E-state index contributed by atoms with van der Waals surface area (Å²) in [5, 5.41) is 2.78. The average Bonchev–Trinajstić information content (AvgIpc) is 2.78. The summed E-state index contributed by atoms with van der Waals surface area (Å²) in [4.78, 5) is 25.9. The number of amides is 1. The molecule has 3 aromatic rings. The topological polar surface area (TPSA) is 73.9 Å². The van der Waals surface area contributed by atoms with Crippen LogP contribution in [0.3, 0.4) is 0 Å². The third kappa shape index (κ3) is 5.18. The molecule has 154 valence electrons. The van der Waals surface area contributed by atoms with Crippen molar-refractivity contribution in [2.45, 2.75) is 6.10 Å². The number of benzene rings is 3. The van der Waals surface area contributed by atoms with Crippen LogP contribution in [-0.4, -0.2) is 26.1 Å². The Bertz CT molecular complexity index is 1040. The van der Waals surface area contributed by atoms with Gasteiger partial charge in [-0.05, 0) is 46.3 Å². The summed E-state index contributed by atoms with van der Waals surface area (Å²) in [5.41, 5.74) is 1.33. The number of nitrogens with one attached hydrogen (secondary N) is 1. The molecule has 0 spiro atoms. The van der Waals surface area contributed by atoms with Crippen LogP contribution in [0, 0.1) is 0 Å². The Morgan fingerprint density at radius 3 is 2.27 bits per heavy atom. The molecule has 0 bridgehead atoms. The zero-order chi connectivity index (χ0) is 21.5. The van der Waals surface area contributed by atoms with Gasteiger partial charge in [0.15, 0.2) is 0 Å². The van der Waals surface area contributed by atoms with Crippen molar-refractivity contribution in [1.29, 1.82) is 0 Å². The number of hydrogen-bond donors (Lipinski definition) is 1. The number of hydrogen-bond acceptors (Lipinski definition) is 5. The second-order valence-corrected chi connectivity index (χ2v) is 7.12. The van der Waals surface area contributed by atoms with Crippen molar-refractivity contribution in [2.75, 3.05) is 19.5 Å². The Labute approximate surface area is 182 Å². The van der Waals surface area contributed by atoms with Gasteiger partial charge < -0.3 is 19.5 Å². The Morgan fingerprint density at radius 1 is 0.867 bits per heavy atom. The molecule has 1 atom stereocenters. The lowest BCUT2D eigenvalue weighted by Gasteiger charge is -2.19. The molecule has 7 heteroatoms. The van der Waals surface area contributed by atoms with Crippen molar-refractivity contribution in [3.05, 3.63) is 88.4 Å². The minimum Gasteiger partial charge on any atom is -0.497 e. The van der Waals surface area contributed by atoms with Crippen LogP contribution in [-0.2, 0) is 9.53 Å². The lowest BCUT2D eigenvalue weighted by Crippen LogP contribution is -2.26. The van der Waals surface area contributed by atoms with Crippen molar-refractivity contribution < 1.29 is 23.8 Å². The van der Waals surface area contributed by atoms with Crippen molar-refractivity contribution in [1.82, 2.24) is 0 Å². The van der Waals surface area contributed by atoms with Gasteiger partial charge in [-0.3, -0.25) is 4.79 Å². The number of halogens is 1. The van der Waals surface area contributed by atoms with E-state index >= 15 is 0 Å². The number of carbonyl (C=O) groups is 2. The van der Waals surface area contributed by atoms with E-state index in [0.717, 1.165) is 0 Å². The monoisotopic (exact) mass is 469 g/mol. The molecular weight excluding hydrogens is 450 g/mol. The van der Waals surface area contributed by atoms with Crippen LogP contribution in [0.4, 0.5) is 5.69 Å². The summed E-state index contributed by atoms with van der Waals surface area (Å²) in [7, 11) is 3.05. The molecule has 30 heavy (non-hydrogen) atoms. The fourth-order valence-electron chi connectivity index (χ4n) is 2.77. The van der Waals surface area contributed by atoms with E-state index in [0.29, 0.717) is 27.2 Å². The molecule has 0 fully saturated rings. The first-order chi connectivity index (χ1) is 14.5. The molecule has 0 radical (unpaired) electrons. The zero-order valence-electron chi connectivity index (χ0n) is 16.4. The van der Waals surface area contributed by atoms with Gasteiger partial charge in [0.2, 0.25) is 6.10 Å². The fourth-order valence-corrected chi connectivity index (χ4v) is 3.18. The molecular formula is C23H20BrNO5. The number of rotatable bonds is 7. The highest BCUT2D eigenvalue weighted by molar-refractivity contribution is 9.10. The van der Waals surface area contributed by atoms with Crippen LogP contribution in [0.5, 0.6) is 11.5 Å². The van der Waals surface area contributed by atoms with Gasteiger partial charge in [0.05, 0.1) is 19.8 Å². The van der Waals surface area contributed by atoms with Crippen molar-refractivity contribution >= 4 is 33.5 Å². The van der Waals surface area contributed by atoms with Crippen LogP contribution in [0.25, 0.3) is 0 Å². The maximum atomic E-state index is 13.0. The summed E-state index contributed by atoms with van der Waals surface area (Å²) >= 11 is 3.34. The number of carbonyl (C=O) groups excluding carboxylic acids is 2. The summed E-state index contributed by atoms with van der Waals surface area (Å²) in [5.74, 6) is -0.0409. The largest absolute Gasteiger partial charge is 0.497 e. The predicted molar refractivity (Wildman–Crippen MR) is 117 cm³/mol. The van der Waals surface area contributed by atoms with Gasteiger partial charge >= 0.3 is 5.97 Å². The van der Waals surface area contributed by atoms with Gasteiger partial charge in [-0.1, -0.05) is 36.4 Å². The van der Waals surface area contributed by atoms with E-state index in [1.807, 2.05) is 6.07 Å². The molecule has 0 aromatic heterocycles. The highest BCUT2D eigenvalue weighted by Gasteiger charge is 2.27. The van der Waals surface area contributed by atoms with E-state index in [4.69, 9.17) is 14.2 Å². The molecule has 0 saturated carbocycles. The predicted octanol–water partition coefficient (Wildman–Crippen LogP) is 5.00. The molecule has 0 heterocycles. The molecule has 0 saturated heterocycles. The van der Waals surface area contributed by atoms with E-state index in [1.54, 1.807) is 73.8 Å². The quantitative estimate of drug-likeness (QED) is 0.492. The van der Waals surface area contributed by atoms with Gasteiger partial charge in [0, 0.05) is 21.8 Å². The van der Waals surface area contributed by atoms with Crippen molar-refractivity contribution in [3.63, 3.8) is 0 Å². The maximum Gasteiger partial charge on any atom is 0.340 e. The summed E-state index contributed by atoms with van der Waals surface area (Å²) in [6, 6.07) is 20.7. The first-order valence-electron chi connectivity index (χ1n) is 9.06. The smallest absolute Gasteiger partial charge is 0.340 e. The van der Waals surface area contributed by atoms with Gasteiger partial charge in [-0.25, -0.2) is 4.79 Å². The Balaban J connectivity index is 1.88. The van der Waals surface area contributed by atoms with Crippen LogP contribution in [0.1, 0.15) is 22.0 Å².